The van der Waals surface area contributed by atoms with Gasteiger partial charge in [-0.3, -0.25) is 0 Å². The number of para-hydroxylation sites is 6. The summed E-state index contributed by atoms with van der Waals surface area (Å²) in [6.07, 6.45) is 3.17. The lowest BCUT2D eigenvalue weighted by Gasteiger charge is -2.26. The number of nitrogens with zero attached hydrogens (tertiary/aromatic N) is 4. The van der Waals surface area contributed by atoms with Crippen LogP contribution in [0.2, 0.25) is 0 Å². The average molecular weight is 909 g/mol. The molecule has 3 aromatic heterocycles. The van der Waals surface area contributed by atoms with Crippen LogP contribution in [0.3, 0.4) is 0 Å². The van der Waals surface area contributed by atoms with E-state index in [9.17, 15) is 0 Å². The van der Waals surface area contributed by atoms with Crippen LogP contribution in [0.25, 0.3) is 98.8 Å². The Kier molecular flexibility index (Phi) is 10.9. The molecule has 0 aliphatic carbocycles. The molecule has 0 N–H and O–H groups in total. The van der Waals surface area contributed by atoms with E-state index in [2.05, 4.69) is 260 Å². The molecule has 3 unspecified atom stereocenters. The highest BCUT2D eigenvalue weighted by molar-refractivity contribution is 6.15. The molecule has 12 rings (SSSR count). The minimum Gasteiger partial charge on any atom is -0.337 e. The molecule has 0 amide bonds. The first-order valence-corrected chi connectivity index (χ1v) is 25.5. The fourth-order valence-corrected chi connectivity index (χ4v) is 11.6. The van der Waals surface area contributed by atoms with Crippen molar-refractivity contribution in [3.63, 3.8) is 0 Å². The van der Waals surface area contributed by atoms with Crippen LogP contribution in [0.5, 0.6) is 0 Å². The van der Waals surface area contributed by atoms with Gasteiger partial charge in [0.05, 0.1) is 16.6 Å². The zero-order valence-corrected chi connectivity index (χ0v) is 41.2. The molecule has 0 saturated heterocycles. The molecule has 3 heterocycles. The second-order valence-electron chi connectivity index (χ2n) is 19.5. The molecule has 344 valence electrons. The Morgan fingerprint density at radius 3 is 0.829 bits per heavy atom. The van der Waals surface area contributed by atoms with Gasteiger partial charge in [0.15, 0.2) is 0 Å². The molecule has 4 nitrogen and oxygen atoms in total. The topological polar surface area (TPSA) is 18.0 Å². The summed E-state index contributed by atoms with van der Waals surface area (Å²) in [7, 11) is 0. The van der Waals surface area contributed by atoms with Crippen LogP contribution in [0.15, 0.2) is 200 Å². The molecule has 0 bridgehead atoms. The highest BCUT2D eigenvalue weighted by Crippen LogP contribution is 2.44. The fraction of sp³-hybridized carbons (Fsp3) is 0.182. The molecule has 4 heteroatoms. The van der Waals surface area contributed by atoms with Gasteiger partial charge in [-0.25, -0.2) is 0 Å². The maximum Gasteiger partial charge on any atom is 0.0573 e. The minimum atomic E-state index is 0.361. The molecule has 0 fully saturated rings. The summed E-state index contributed by atoms with van der Waals surface area (Å²) in [5, 5.41) is 7.85. The van der Waals surface area contributed by atoms with E-state index in [1.807, 2.05) is 0 Å². The van der Waals surface area contributed by atoms with Crippen LogP contribution >= 0.6 is 0 Å². The zero-order valence-electron chi connectivity index (χ0n) is 41.2. The Hall–Kier alpha value is -7.82. The molecule has 9 aromatic carbocycles. The van der Waals surface area contributed by atoms with Crippen molar-refractivity contribution in [3.05, 3.63) is 200 Å². The quantitative estimate of drug-likeness (QED) is 0.119. The number of anilines is 3. The third-order valence-electron chi connectivity index (χ3n) is 15.6. The summed E-state index contributed by atoms with van der Waals surface area (Å²) in [6.45, 7) is 13.9. The average Bonchev–Trinajstić information content (AvgIpc) is 4.07. The van der Waals surface area contributed by atoms with E-state index in [0.29, 0.717) is 18.1 Å². The highest BCUT2D eigenvalue weighted by Gasteiger charge is 2.22. The van der Waals surface area contributed by atoms with Crippen LogP contribution in [-0.4, -0.2) is 13.7 Å². The lowest BCUT2D eigenvalue weighted by molar-refractivity contribution is 0.563. The van der Waals surface area contributed by atoms with Crippen molar-refractivity contribution in [1.82, 2.24) is 13.7 Å². The molecule has 12 aromatic rings. The van der Waals surface area contributed by atoms with Gasteiger partial charge in [0, 0.05) is 101 Å². The van der Waals surface area contributed by atoms with Crippen molar-refractivity contribution in [3.8, 4) is 33.4 Å². The molecular weight excluding hydrogens is 849 g/mol. The van der Waals surface area contributed by atoms with Gasteiger partial charge < -0.3 is 18.6 Å². The van der Waals surface area contributed by atoms with E-state index in [1.54, 1.807) is 0 Å². The van der Waals surface area contributed by atoms with Gasteiger partial charge in [0.1, 0.15) is 0 Å². The summed E-state index contributed by atoms with van der Waals surface area (Å²) in [5.41, 5.74) is 18.5. The second-order valence-corrected chi connectivity index (χ2v) is 19.5. The van der Waals surface area contributed by atoms with Gasteiger partial charge in [-0.05, 0) is 111 Å². The first-order chi connectivity index (χ1) is 34.4. The molecule has 0 saturated carbocycles. The van der Waals surface area contributed by atoms with E-state index in [1.165, 1.54) is 98.8 Å². The summed E-state index contributed by atoms with van der Waals surface area (Å²) in [4.78, 5) is 2.42. The highest BCUT2D eigenvalue weighted by atomic mass is 15.1. The zero-order chi connectivity index (χ0) is 47.6. The van der Waals surface area contributed by atoms with Gasteiger partial charge in [0.2, 0.25) is 0 Å². The van der Waals surface area contributed by atoms with Gasteiger partial charge in [0.25, 0.3) is 0 Å². The Morgan fingerprint density at radius 1 is 0.300 bits per heavy atom. The standard InChI is InChI=1S/C66H60N4/c1-7-43(4)67-61-28-13-10-19-55(61)58-25-16-22-52(64(58)67)46-31-37-49(38-32-46)70(50-39-33-47(34-40-50)53-23-17-26-59-56-20-11-14-29-62(56)68(65(53)59)44(5)8-2)51-41-35-48(36-42-51)54-24-18-27-60-57-21-12-15-30-63(57)69(66(54)60)45(6)9-3/h10-45H,7-9H2,1-6H3. The van der Waals surface area contributed by atoms with Crippen LogP contribution < -0.4 is 4.90 Å². The Bertz CT molecular complexity index is 3470. The smallest absolute Gasteiger partial charge is 0.0573 e. The maximum absolute atomic E-state index is 2.56. The van der Waals surface area contributed by atoms with Crippen molar-refractivity contribution in [2.75, 3.05) is 4.90 Å². The van der Waals surface area contributed by atoms with Crippen LogP contribution in [0.4, 0.5) is 17.1 Å². The van der Waals surface area contributed by atoms with E-state index >= 15 is 0 Å². The lowest BCUT2D eigenvalue weighted by atomic mass is 9.99. The minimum absolute atomic E-state index is 0.361. The third-order valence-corrected chi connectivity index (χ3v) is 15.6. The number of fused-ring (bicyclic) bond motifs is 9. The van der Waals surface area contributed by atoms with Crippen molar-refractivity contribution < 1.29 is 0 Å². The summed E-state index contributed by atoms with van der Waals surface area (Å²) >= 11 is 0. The largest absolute Gasteiger partial charge is 0.337 e. The fourth-order valence-electron chi connectivity index (χ4n) is 11.6. The first-order valence-electron chi connectivity index (χ1n) is 25.5. The Balaban J connectivity index is 0.994. The summed E-state index contributed by atoms with van der Waals surface area (Å²) < 4.78 is 7.69. The van der Waals surface area contributed by atoms with Crippen molar-refractivity contribution in [1.29, 1.82) is 0 Å². The van der Waals surface area contributed by atoms with Gasteiger partial charge in [-0.15, -0.1) is 0 Å². The number of rotatable bonds is 12. The lowest BCUT2D eigenvalue weighted by Crippen LogP contribution is -2.10. The Morgan fingerprint density at radius 2 is 0.557 bits per heavy atom. The molecule has 0 spiro atoms. The first kappa shape index (κ1) is 43.5. The van der Waals surface area contributed by atoms with Gasteiger partial charge >= 0.3 is 0 Å². The SMILES string of the molecule is CCC(C)n1c2ccccc2c2cccc(-c3ccc(N(c4ccc(-c5cccc6c7ccccc7n(C(C)CC)c56)cc4)c4ccc(-c5cccc6c7ccccc7n(C(C)CC)c56)cc4)cc3)c21. The molecule has 0 radical (unpaired) electrons. The number of benzene rings is 9. The number of aromatic nitrogens is 3. The van der Waals surface area contributed by atoms with Crippen molar-refractivity contribution >= 4 is 82.5 Å². The molecule has 70 heavy (non-hydrogen) atoms. The van der Waals surface area contributed by atoms with Gasteiger partial charge in [-0.1, -0.05) is 166 Å². The van der Waals surface area contributed by atoms with Crippen LogP contribution in [0.1, 0.15) is 78.9 Å². The predicted octanol–water partition coefficient (Wildman–Crippen LogP) is 19.4. The van der Waals surface area contributed by atoms with E-state index < -0.39 is 0 Å². The maximum atomic E-state index is 2.56. The number of hydrogen-bond acceptors (Lipinski definition) is 1. The van der Waals surface area contributed by atoms with E-state index in [4.69, 9.17) is 0 Å². The third kappa shape index (κ3) is 6.87. The number of hydrogen-bond donors (Lipinski definition) is 0. The molecular formula is C66H60N4. The van der Waals surface area contributed by atoms with Crippen molar-refractivity contribution in [2.45, 2.75) is 78.9 Å². The summed E-state index contributed by atoms with van der Waals surface area (Å²) in [5.74, 6) is 0. The molecule has 3 atom stereocenters. The van der Waals surface area contributed by atoms with Crippen LogP contribution in [-0.2, 0) is 0 Å². The Labute approximate surface area is 411 Å². The van der Waals surface area contributed by atoms with Crippen molar-refractivity contribution in [2.24, 2.45) is 0 Å². The van der Waals surface area contributed by atoms with Crippen LogP contribution in [0, 0.1) is 0 Å². The monoisotopic (exact) mass is 908 g/mol. The van der Waals surface area contributed by atoms with E-state index in [-0.39, 0.29) is 0 Å². The van der Waals surface area contributed by atoms with E-state index in [0.717, 1.165) is 36.3 Å². The normalized spacial score (nSPS) is 13.3. The summed E-state index contributed by atoms with van der Waals surface area (Å²) in [6, 6.07) is 75.9. The second kappa shape index (κ2) is 17.6. The van der Waals surface area contributed by atoms with Gasteiger partial charge in [-0.2, -0.15) is 0 Å². The molecule has 0 aliphatic heterocycles. The molecule has 0 aliphatic rings. The predicted molar refractivity (Wildman–Crippen MR) is 301 cm³/mol.